The van der Waals surface area contributed by atoms with Gasteiger partial charge in [0.1, 0.15) is 13.2 Å². The van der Waals surface area contributed by atoms with Gasteiger partial charge in [-0.1, -0.05) is 253 Å². The molecule has 0 aliphatic heterocycles. The first kappa shape index (κ1) is 67.3. The maximum Gasteiger partial charge on any atom is 0.306 e. The minimum absolute atomic E-state index is 0.0904. The molecule has 1 atom stereocenters. The van der Waals surface area contributed by atoms with Gasteiger partial charge in [-0.2, -0.15) is 0 Å². The lowest BCUT2D eigenvalue weighted by atomic mass is 10.1. The van der Waals surface area contributed by atoms with Gasteiger partial charge in [0.2, 0.25) is 0 Å². The van der Waals surface area contributed by atoms with E-state index in [9.17, 15) is 14.4 Å². The van der Waals surface area contributed by atoms with Crippen LogP contribution < -0.4 is 0 Å². The zero-order valence-corrected chi connectivity index (χ0v) is 46.5. The predicted octanol–water partition coefficient (Wildman–Crippen LogP) is 20.1. The van der Waals surface area contributed by atoms with E-state index in [0.29, 0.717) is 19.3 Å². The molecule has 6 heteroatoms. The van der Waals surface area contributed by atoms with E-state index >= 15 is 0 Å². The van der Waals surface area contributed by atoms with Crippen molar-refractivity contribution in [2.24, 2.45) is 0 Å². The summed E-state index contributed by atoms with van der Waals surface area (Å²) in [4.78, 5) is 38.2. The summed E-state index contributed by atoms with van der Waals surface area (Å²) >= 11 is 0. The first-order valence-corrected chi connectivity index (χ1v) is 29.8. The summed E-state index contributed by atoms with van der Waals surface area (Å²) in [5.41, 5.74) is 0. The molecule has 71 heavy (non-hydrogen) atoms. The van der Waals surface area contributed by atoms with Crippen molar-refractivity contribution in [3.63, 3.8) is 0 Å². The molecule has 0 saturated heterocycles. The monoisotopic (exact) mass is 987 g/mol. The van der Waals surface area contributed by atoms with Crippen LogP contribution in [0.15, 0.2) is 97.2 Å². The molecule has 6 nitrogen and oxygen atoms in total. The average molecular weight is 988 g/mol. The number of unbranched alkanes of at least 4 members (excludes halogenated alkanes) is 28. The van der Waals surface area contributed by atoms with Crippen LogP contribution in [0.25, 0.3) is 0 Å². The number of carbonyl (C=O) groups is 3. The molecule has 1 unspecified atom stereocenters. The molecule has 0 rings (SSSR count). The fourth-order valence-electron chi connectivity index (χ4n) is 8.19. The van der Waals surface area contributed by atoms with Crippen LogP contribution >= 0.6 is 0 Å². The van der Waals surface area contributed by atoms with Gasteiger partial charge < -0.3 is 14.2 Å². The highest BCUT2D eigenvalue weighted by molar-refractivity contribution is 5.71. The summed E-state index contributed by atoms with van der Waals surface area (Å²) in [5.74, 6) is -0.914. The van der Waals surface area contributed by atoms with E-state index in [1.54, 1.807) is 0 Å². The van der Waals surface area contributed by atoms with Gasteiger partial charge in [-0.05, 0) is 103 Å². The summed E-state index contributed by atoms with van der Waals surface area (Å²) in [7, 11) is 0. The lowest BCUT2D eigenvalue weighted by molar-refractivity contribution is -0.167. The van der Waals surface area contributed by atoms with Crippen molar-refractivity contribution in [3.05, 3.63) is 97.2 Å². The molecule has 0 radical (unpaired) electrons. The number of esters is 3. The van der Waals surface area contributed by atoms with Gasteiger partial charge in [-0.15, -0.1) is 0 Å². The molecule has 0 aliphatic carbocycles. The summed E-state index contributed by atoms with van der Waals surface area (Å²) in [5, 5.41) is 0. The number of allylic oxidation sites excluding steroid dienone is 16. The Labute approximate surface area is 438 Å². The van der Waals surface area contributed by atoms with Crippen molar-refractivity contribution in [1.29, 1.82) is 0 Å². The van der Waals surface area contributed by atoms with Crippen LogP contribution in [0.5, 0.6) is 0 Å². The Balaban J connectivity index is 4.42. The minimum Gasteiger partial charge on any atom is -0.462 e. The summed E-state index contributed by atoms with van der Waals surface area (Å²) in [6.07, 6.45) is 78.2. The van der Waals surface area contributed by atoms with Gasteiger partial charge in [0.25, 0.3) is 0 Å². The fourth-order valence-corrected chi connectivity index (χ4v) is 8.19. The lowest BCUT2D eigenvalue weighted by Crippen LogP contribution is -2.30. The Morgan fingerprint density at radius 1 is 0.310 bits per heavy atom. The standard InChI is InChI=1S/C65H110O6/c1-4-7-10-13-16-19-22-25-28-30-32-34-37-40-43-46-49-52-55-58-64(67)70-61-62(60-69-63(66)57-54-51-48-45-42-39-36-27-24-21-18-15-12-9-6-3)71-65(68)59-56-53-50-47-44-41-38-35-33-31-29-26-23-20-17-14-11-8-5-2/h7,9-10,12,15-16,18-19,21,24-25,28,31-34,62H,4-6,8,11,13-14,17,20,22-23,26-27,29-30,35-61H2,1-3H3/b10-7-,12-9-,18-15-,19-16-,24-21-,28-25-,33-31-,34-32-. The Bertz CT molecular complexity index is 1410. The molecule has 0 bridgehead atoms. The van der Waals surface area contributed by atoms with E-state index in [1.165, 1.54) is 128 Å². The molecule has 0 aromatic rings. The molecule has 0 aliphatic rings. The number of hydrogen-bond donors (Lipinski definition) is 0. The molecule has 0 amide bonds. The van der Waals surface area contributed by atoms with Gasteiger partial charge >= 0.3 is 17.9 Å². The Morgan fingerprint density at radius 3 is 1.03 bits per heavy atom. The van der Waals surface area contributed by atoms with E-state index in [1.807, 2.05) is 0 Å². The minimum atomic E-state index is -0.793. The Hall–Kier alpha value is -3.67. The van der Waals surface area contributed by atoms with Crippen LogP contribution in [-0.4, -0.2) is 37.2 Å². The van der Waals surface area contributed by atoms with Crippen LogP contribution in [0.4, 0.5) is 0 Å². The van der Waals surface area contributed by atoms with E-state index < -0.39 is 6.10 Å². The molecule has 0 fully saturated rings. The topological polar surface area (TPSA) is 78.9 Å². The van der Waals surface area contributed by atoms with Crippen LogP contribution in [-0.2, 0) is 28.6 Å². The lowest BCUT2D eigenvalue weighted by Gasteiger charge is -2.18. The summed E-state index contributed by atoms with van der Waals surface area (Å²) in [6.45, 7) is 6.39. The van der Waals surface area contributed by atoms with E-state index in [-0.39, 0.29) is 31.1 Å². The molecule has 0 N–H and O–H groups in total. The average Bonchev–Trinajstić information content (AvgIpc) is 3.37. The third kappa shape index (κ3) is 57.1. The zero-order valence-electron chi connectivity index (χ0n) is 46.5. The Kier molecular flexibility index (Phi) is 55.9. The molecule has 0 heterocycles. The van der Waals surface area contributed by atoms with Crippen molar-refractivity contribution < 1.29 is 28.6 Å². The molecule has 0 aromatic heterocycles. The number of ether oxygens (including phenoxy) is 3. The summed E-state index contributed by atoms with van der Waals surface area (Å²) in [6, 6.07) is 0. The number of carbonyl (C=O) groups excluding carboxylic acids is 3. The largest absolute Gasteiger partial charge is 0.462 e. The fraction of sp³-hybridized carbons (Fsp3) is 0.708. The third-order valence-electron chi connectivity index (χ3n) is 12.6. The highest BCUT2D eigenvalue weighted by Crippen LogP contribution is 2.15. The molecule has 406 valence electrons. The van der Waals surface area contributed by atoms with Gasteiger partial charge in [0.15, 0.2) is 6.10 Å². The van der Waals surface area contributed by atoms with Gasteiger partial charge in [-0.25, -0.2) is 0 Å². The predicted molar refractivity (Wildman–Crippen MR) is 307 cm³/mol. The highest BCUT2D eigenvalue weighted by atomic mass is 16.6. The molecular weight excluding hydrogens is 877 g/mol. The number of rotatable bonds is 53. The van der Waals surface area contributed by atoms with Crippen LogP contribution in [0.3, 0.4) is 0 Å². The van der Waals surface area contributed by atoms with Gasteiger partial charge in [0, 0.05) is 19.3 Å². The quantitative estimate of drug-likeness (QED) is 0.0199. The first-order chi connectivity index (χ1) is 35.0. The second-order valence-electron chi connectivity index (χ2n) is 19.6. The second-order valence-corrected chi connectivity index (χ2v) is 19.6. The van der Waals surface area contributed by atoms with Crippen molar-refractivity contribution in [2.75, 3.05) is 13.2 Å². The van der Waals surface area contributed by atoms with E-state index in [4.69, 9.17) is 14.2 Å². The van der Waals surface area contributed by atoms with E-state index in [2.05, 4.69) is 118 Å². The normalized spacial score (nSPS) is 12.8. The van der Waals surface area contributed by atoms with Crippen molar-refractivity contribution in [1.82, 2.24) is 0 Å². The van der Waals surface area contributed by atoms with Crippen LogP contribution in [0.2, 0.25) is 0 Å². The summed E-state index contributed by atoms with van der Waals surface area (Å²) < 4.78 is 16.9. The van der Waals surface area contributed by atoms with Crippen molar-refractivity contribution >= 4 is 17.9 Å². The number of hydrogen-bond acceptors (Lipinski definition) is 6. The highest BCUT2D eigenvalue weighted by Gasteiger charge is 2.19. The molecule has 0 saturated carbocycles. The molecular formula is C65H110O6. The van der Waals surface area contributed by atoms with Crippen LogP contribution in [0, 0.1) is 0 Å². The smallest absolute Gasteiger partial charge is 0.306 e. The van der Waals surface area contributed by atoms with Gasteiger partial charge in [0.05, 0.1) is 0 Å². The van der Waals surface area contributed by atoms with Crippen molar-refractivity contribution in [2.45, 2.75) is 284 Å². The molecule has 0 aromatic carbocycles. The maximum absolute atomic E-state index is 12.9. The molecule has 0 spiro atoms. The zero-order chi connectivity index (χ0) is 51.4. The first-order valence-electron chi connectivity index (χ1n) is 29.8. The van der Waals surface area contributed by atoms with Crippen molar-refractivity contribution in [3.8, 4) is 0 Å². The second kappa shape index (κ2) is 58.9. The van der Waals surface area contributed by atoms with E-state index in [0.717, 1.165) is 109 Å². The SMILES string of the molecule is CC\C=C/C=C\C=C/CCCCCCCCCC(=O)OCC(COC(=O)CCCCCCCC/C=C\C/C=C\C/C=C\C/C=C\CC)OC(=O)CCCCCCCCC/C=C\CCCCCCCCCC. The van der Waals surface area contributed by atoms with Gasteiger partial charge in [-0.3, -0.25) is 14.4 Å². The Morgan fingerprint density at radius 2 is 0.620 bits per heavy atom. The third-order valence-corrected chi connectivity index (χ3v) is 12.6. The maximum atomic E-state index is 12.9. The van der Waals surface area contributed by atoms with Crippen LogP contribution in [0.1, 0.15) is 278 Å².